The van der Waals surface area contributed by atoms with Gasteiger partial charge in [-0.1, -0.05) is 30.4 Å². The molecule has 2 aliphatic carbocycles. The lowest BCUT2D eigenvalue weighted by Crippen LogP contribution is -2.28. The number of hydrogen-bond acceptors (Lipinski definition) is 2. The first-order valence-corrected chi connectivity index (χ1v) is 4.85. The second-order valence-corrected chi connectivity index (χ2v) is 3.77. The molecule has 0 spiro atoms. The number of allylic oxidation sites excluding steroid dienone is 1. The van der Waals surface area contributed by atoms with E-state index in [1.54, 1.807) is 6.08 Å². The number of ketones is 2. The molecule has 3 rings (SSSR count). The number of carbonyl (C=O) groups excluding carboxylic acids is 2. The van der Waals surface area contributed by atoms with Crippen LogP contribution < -0.4 is 10.4 Å². The standard InChI is InChI=1S/C13H8O2/c14-10-6-9-3-1-2-8-4-5-11(13(8)9)12(15)7-10/h1-6H,7H2. The van der Waals surface area contributed by atoms with Crippen molar-refractivity contribution in [3.63, 3.8) is 0 Å². The number of benzene rings is 1. The van der Waals surface area contributed by atoms with Crippen molar-refractivity contribution in [2.45, 2.75) is 6.42 Å². The molecule has 0 aliphatic heterocycles. The van der Waals surface area contributed by atoms with Gasteiger partial charge in [0.25, 0.3) is 0 Å². The van der Waals surface area contributed by atoms with Crippen LogP contribution in [0.4, 0.5) is 0 Å². The second-order valence-electron chi connectivity index (χ2n) is 3.77. The van der Waals surface area contributed by atoms with Gasteiger partial charge in [0.2, 0.25) is 0 Å². The first-order chi connectivity index (χ1) is 7.25. The van der Waals surface area contributed by atoms with Gasteiger partial charge in [0.15, 0.2) is 11.6 Å². The van der Waals surface area contributed by atoms with Crippen molar-refractivity contribution in [3.8, 4) is 0 Å². The lowest BCUT2D eigenvalue weighted by molar-refractivity contribution is -0.120. The van der Waals surface area contributed by atoms with Gasteiger partial charge < -0.3 is 0 Å². The Balaban J connectivity index is 2.56. The first kappa shape index (κ1) is 8.36. The molecule has 72 valence electrons. The third-order valence-electron chi connectivity index (χ3n) is 2.78. The molecule has 2 heteroatoms. The molecule has 0 amide bonds. The Bertz CT molecular complexity index is 633. The lowest BCUT2D eigenvalue weighted by Gasteiger charge is -1.94. The fourth-order valence-electron chi connectivity index (χ4n) is 2.13. The molecule has 2 aliphatic rings. The van der Waals surface area contributed by atoms with Gasteiger partial charge in [0, 0.05) is 5.57 Å². The summed E-state index contributed by atoms with van der Waals surface area (Å²) in [5.41, 5.74) is 1.71. The van der Waals surface area contributed by atoms with Gasteiger partial charge in [-0.2, -0.15) is 0 Å². The zero-order valence-corrected chi connectivity index (χ0v) is 7.99. The van der Waals surface area contributed by atoms with E-state index in [9.17, 15) is 9.59 Å². The first-order valence-electron chi connectivity index (χ1n) is 4.85. The molecule has 0 bridgehead atoms. The Morgan fingerprint density at radius 2 is 1.93 bits per heavy atom. The summed E-state index contributed by atoms with van der Waals surface area (Å²) < 4.78 is 0. The normalized spacial score (nSPS) is 17.5. The largest absolute Gasteiger partial charge is 0.294 e. The van der Waals surface area contributed by atoms with Crippen LogP contribution in [0.5, 0.6) is 0 Å². The van der Waals surface area contributed by atoms with Crippen LogP contribution in [0.25, 0.3) is 17.7 Å². The molecular formula is C13H8O2. The van der Waals surface area contributed by atoms with Gasteiger partial charge in [-0.3, -0.25) is 9.59 Å². The van der Waals surface area contributed by atoms with Crippen LogP contribution in [0.15, 0.2) is 24.3 Å². The quantitative estimate of drug-likeness (QED) is 0.555. The maximum absolute atomic E-state index is 11.7. The van der Waals surface area contributed by atoms with Crippen LogP contribution in [-0.2, 0) is 9.59 Å². The van der Waals surface area contributed by atoms with Gasteiger partial charge in [0.1, 0.15) is 0 Å². The van der Waals surface area contributed by atoms with Gasteiger partial charge >= 0.3 is 0 Å². The highest BCUT2D eigenvalue weighted by atomic mass is 16.1. The summed E-state index contributed by atoms with van der Waals surface area (Å²) in [6.07, 6.45) is 5.29. The molecule has 0 aromatic heterocycles. The van der Waals surface area contributed by atoms with E-state index in [0.29, 0.717) is 5.57 Å². The van der Waals surface area contributed by atoms with Crippen molar-refractivity contribution in [1.82, 2.24) is 0 Å². The average Bonchev–Trinajstić information content (AvgIpc) is 2.56. The Labute approximate surface area is 86.2 Å². The topological polar surface area (TPSA) is 34.1 Å². The molecule has 15 heavy (non-hydrogen) atoms. The predicted molar refractivity (Wildman–Crippen MR) is 57.2 cm³/mol. The van der Waals surface area contributed by atoms with Crippen LogP contribution in [0.3, 0.4) is 0 Å². The van der Waals surface area contributed by atoms with Gasteiger partial charge in [-0.05, 0) is 22.1 Å². The number of hydrogen-bond donors (Lipinski definition) is 0. The van der Waals surface area contributed by atoms with Crippen molar-refractivity contribution in [2.24, 2.45) is 0 Å². The molecule has 0 atom stereocenters. The van der Waals surface area contributed by atoms with Crippen molar-refractivity contribution < 1.29 is 9.59 Å². The van der Waals surface area contributed by atoms with Gasteiger partial charge in [-0.25, -0.2) is 0 Å². The van der Waals surface area contributed by atoms with E-state index in [1.165, 1.54) is 0 Å². The van der Waals surface area contributed by atoms with Crippen LogP contribution in [0.2, 0.25) is 0 Å². The maximum atomic E-state index is 11.7. The zero-order chi connectivity index (χ0) is 10.4. The minimum absolute atomic E-state index is 0.00616. The van der Waals surface area contributed by atoms with Gasteiger partial charge in [0.05, 0.1) is 6.42 Å². The Kier molecular flexibility index (Phi) is 1.54. The van der Waals surface area contributed by atoms with Crippen molar-refractivity contribution in [1.29, 1.82) is 0 Å². The molecule has 0 unspecified atom stereocenters. The monoisotopic (exact) mass is 196 g/mol. The van der Waals surface area contributed by atoms with Crippen molar-refractivity contribution >= 4 is 29.3 Å². The average molecular weight is 196 g/mol. The highest BCUT2D eigenvalue weighted by Gasteiger charge is 2.19. The number of carbonyl (C=O) groups is 2. The molecule has 0 saturated heterocycles. The predicted octanol–water partition coefficient (Wildman–Crippen LogP) is 0.186. The summed E-state index contributed by atoms with van der Waals surface area (Å²) >= 11 is 0. The highest BCUT2D eigenvalue weighted by molar-refractivity contribution is 6.30. The SMILES string of the molecule is O=C1C=c2cccc3c2=C(C=C3)C(=O)C1. The minimum Gasteiger partial charge on any atom is -0.294 e. The van der Waals surface area contributed by atoms with E-state index in [0.717, 1.165) is 16.0 Å². The fourth-order valence-corrected chi connectivity index (χ4v) is 2.13. The van der Waals surface area contributed by atoms with Crippen LogP contribution in [0, 0.1) is 0 Å². The molecule has 0 fully saturated rings. The van der Waals surface area contributed by atoms with Crippen LogP contribution >= 0.6 is 0 Å². The number of rotatable bonds is 0. The third kappa shape index (κ3) is 1.11. The fraction of sp³-hybridized carbons (Fsp3) is 0.0769. The Hall–Kier alpha value is -1.96. The van der Waals surface area contributed by atoms with E-state index < -0.39 is 0 Å². The van der Waals surface area contributed by atoms with Crippen molar-refractivity contribution in [3.05, 3.63) is 40.3 Å². The smallest absolute Gasteiger partial charge is 0.171 e. The molecule has 0 heterocycles. The zero-order valence-electron chi connectivity index (χ0n) is 7.99. The number of Topliss-reactive ketones (excluding diaryl/α,β-unsaturated/α-hetero) is 2. The van der Waals surface area contributed by atoms with Crippen molar-refractivity contribution in [2.75, 3.05) is 0 Å². The molecule has 0 radical (unpaired) electrons. The molecule has 0 saturated carbocycles. The highest BCUT2D eigenvalue weighted by Crippen LogP contribution is 2.13. The molecule has 1 aromatic rings. The van der Waals surface area contributed by atoms with E-state index in [-0.39, 0.29) is 18.0 Å². The summed E-state index contributed by atoms with van der Waals surface area (Å²) in [6, 6.07) is 5.74. The van der Waals surface area contributed by atoms with E-state index >= 15 is 0 Å². The molecule has 0 N–H and O–H groups in total. The van der Waals surface area contributed by atoms with Crippen LogP contribution in [-0.4, -0.2) is 11.6 Å². The van der Waals surface area contributed by atoms with E-state index in [1.807, 2.05) is 30.4 Å². The summed E-state index contributed by atoms with van der Waals surface area (Å²) in [5.74, 6) is -0.181. The van der Waals surface area contributed by atoms with E-state index in [4.69, 9.17) is 0 Å². The van der Waals surface area contributed by atoms with E-state index in [2.05, 4.69) is 0 Å². The summed E-state index contributed by atoms with van der Waals surface area (Å²) in [5, 5.41) is 1.79. The summed E-state index contributed by atoms with van der Waals surface area (Å²) in [4.78, 5) is 23.1. The molecular weight excluding hydrogens is 188 g/mol. The lowest BCUT2D eigenvalue weighted by atomic mass is 10.1. The minimum atomic E-state index is -0.108. The summed E-state index contributed by atoms with van der Waals surface area (Å²) in [6.45, 7) is 0. The second kappa shape index (κ2) is 2.76. The molecule has 2 nitrogen and oxygen atoms in total. The Morgan fingerprint density at radius 1 is 1.07 bits per heavy atom. The molecule has 1 aromatic carbocycles. The Morgan fingerprint density at radius 3 is 2.80 bits per heavy atom. The van der Waals surface area contributed by atoms with Gasteiger partial charge in [-0.15, -0.1) is 0 Å². The maximum Gasteiger partial charge on any atom is 0.171 e. The summed E-state index contributed by atoms with van der Waals surface area (Å²) in [7, 11) is 0. The van der Waals surface area contributed by atoms with Crippen LogP contribution in [0.1, 0.15) is 12.0 Å². The third-order valence-corrected chi connectivity index (χ3v) is 2.78.